The van der Waals surface area contributed by atoms with E-state index in [1.54, 1.807) is 0 Å². The highest BCUT2D eigenvalue weighted by atomic mass is 35.5. The first-order valence-corrected chi connectivity index (χ1v) is 7.32. The molecule has 3 nitrogen and oxygen atoms in total. The summed E-state index contributed by atoms with van der Waals surface area (Å²) in [5, 5.41) is 7.13. The zero-order chi connectivity index (χ0) is 13.7. The highest BCUT2D eigenvalue weighted by Crippen LogP contribution is 2.22. The van der Waals surface area contributed by atoms with E-state index >= 15 is 0 Å². The maximum atomic E-state index is 12.2. The molecule has 0 bridgehead atoms. The van der Waals surface area contributed by atoms with Gasteiger partial charge < -0.3 is 10.6 Å². The van der Waals surface area contributed by atoms with E-state index in [-0.39, 0.29) is 23.9 Å². The van der Waals surface area contributed by atoms with Gasteiger partial charge in [0.2, 0.25) is 5.91 Å². The Bertz CT molecular complexity index is 428. The van der Waals surface area contributed by atoms with E-state index in [1.807, 2.05) is 24.3 Å². The van der Waals surface area contributed by atoms with Crippen LogP contribution in [0.2, 0.25) is 5.02 Å². The van der Waals surface area contributed by atoms with E-state index < -0.39 is 0 Å². The van der Waals surface area contributed by atoms with Crippen LogP contribution in [-0.2, 0) is 11.2 Å². The van der Waals surface area contributed by atoms with Crippen LogP contribution in [0.1, 0.15) is 31.7 Å². The van der Waals surface area contributed by atoms with E-state index in [0.717, 1.165) is 37.3 Å². The maximum Gasteiger partial charge on any atom is 0.240 e. The predicted molar refractivity (Wildman–Crippen MR) is 85.7 cm³/mol. The van der Waals surface area contributed by atoms with Crippen LogP contribution in [0.15, 0.2) is 24.3 Å². The molecule has 0 spiro atoms. The number of carbonyl (C=O) groups is 1. The van der Waals surface area contributed by atoms with Gasteiger partial charge in [-0.15, -0.1) is 12.4 Å². The lowest BCUT2D eigenvalue weighted by Gasteiger charge is -2.26. The first kappa shape index (κ1) is 17.3. The third-order valence-electron chi connectivity index (χ3n) is 3.89. The molecule has 1 unspecified atom stereocenters. The summed E-state index contributed by atoms with van der Waals surface area (Å²) in [6, 6.07) is 7.76. The largest absolute Gasteiger partial charge is 0.354 e. The third kappa shape index (κ3) is 4.11. The van der Waals surface area contributed by atoms with Gasteiger partial charge in [0.15, 0.2) is 0 Å². The topological polar surface area (TPSA) is 41.1 Å². The lowest BCUT2D eigenvalue weighted by Crippen LogP contribution is -2.53. The zero-order valence-electron chi connectivity index (χ0n) is 11.7. The highest BCUT2D eigenvalue weighted by molar-refractivity contribution is 6.30. The van der Waals surface area contributed by atoms with Crippen molar-refractivity contribution >= 4 is 29.9 Å². The molecule has 0 aromatic heterocycles. The second-order valence-corrected chi connectivity index (χ2v) is 5.53. The second-order valence-electron chi connectivity index (χ2n) is 5.10. The van der Waals surface area contributed by atoms with Crippen LogP contribution in [0.5, 0.6) is 0 Å². The number of rotatable bonds is 5. The lowest BCUT2D eigenvalue weighted by atomic mass is 9.93. The van der Waals surface area contributed by atoms with Gasteiger partial charge in [0.1, 0.15) is 0 Å². The molecule has 1 fully saturated rings. The normalized spacial score (nSPS) is 21.3. The number of carbonyl (C=O) groups excluding carboxylic acids is 1. The Morgan fingerprint density at radius 3 is 2.65 bits per heavy atom. The fourth-order valence-corrected chi connectivity index (χ4v) is 2.73. The molecule has 1 aliphatic rings. The number of nitrogens with one attached hydrogen (secondary N) is 2. The molecule has 0 radical (unpaired) electrons. The van der Waals surface area contributed by atoms with E-state index in [0.29, 0.717) is 6.54 Å². The van der Waals surface area contributed by atoms with E-state index in [4.69, 9.17) is 11.6 Å². The molecular weight excluding hydrogens is 295 g/mol. The fraction of sp³-hybridized carbons (Fsp3) is 0.533. The van der Waals surface area contributed by atoms with Gasteiger partial charge in [0.25, 0.3) is 0 Å². The molecule has 1 aromatic rings. The molecule has 2 N–H and O–H groups in total. The molecule has 20 heavy (non-hydrogen) atoms. The van der Waals surface area contributed by atoms with Crippen molar-refractivity contribution < 1.29 is 4.79 Å². The van der Waals surface area contributed by atoms with Crippen LogP contribution in [0, 0.1) is 0 Å². The van der Waals surface area contributed by atoms with E-state index in [9.17, 15) is 4.79 Å². The van der Waals surface area contributed by atoms with Crippen LogP contribution in [0.25, 0.3) is 0 Å². The van der Waals surface area contributed by atoms with E-state index in [1.165, 1.54) is 5.56 Å². The average Bonchev–Trinajstić information content (AvgIpc) is 2.91. The minimum Gasteiger partial charge on any atom is -0.354 e. The molecule has 112 valence electrons. The van der Waals surface area contributed by atoms with Crippen LogP contribution in [0.4, 0.5) is 0 Å². The SMILES string of the molecule is CCC1(C(=O)NCCc2ccc(Cl)cc2)CCCN1.Cl. The van der Waals surface area contributed by atoms with Crippen molar-refractivity contribution in [2.75, 3.05) is 13.1 Å². The first-order valence-electron chi connectivity index (χ1n) is 6.94. The van der Waals surface area contributed by atoms with Crippen LogP contribution < -0.4 is 10.6 Å². The smallest absolute Gasteiger partial charge is 0.240 e. The van der Waals surface area contributed by atoms with Crippen molar-refractivity contribution in [2.45, 2.75) is 38.1 Å². The summed E-state index contributed by atoms with van der Waals surface area (Å²) in [5.74, 6) is 0.140. The fourth-order valence-electron chi connectivity index (χ4n) is 2.60. The van der Waals surface area contributed by atoms with Crippen LogP contribution >= 0.6 is 24.0 Å². The Morgan fingerprint density at radius 2 is 2.10 bits per heavy atom. The van der Waals surface area contributed by atoms with Crippen LogP contribution in [0.3, 0.4) is 0 Å². The Morgan fingerprint density at radius 1 is 1.40 bits per heavy atom. The summed E-state index contributed by atoms with van der Waals surface area (Å²) in [7, 11) is 0. The predicted octanol–water partition coefficient (Wildman–Crippen LogP) is 2.95. The number of amides is 1. The molecule has 1 atom stereocenters. The van der Waals surface area contributed by atoms with Crippen LogP contribution in [-0.4, -0.2) is 24.5 Å². The van der Waals surface area contributed by atoms with Gasteiger partial charge in [-0.1, -0.05) is 30.7 Å². The van der Waals surface area contributed by atoms with Crippen molar-refractivity contribution in [3.63, 3.8) is 0 Å². The minimum absolute atomic E-state index is 0. The first-order chi connectivity index (χ1) is 9.16. The van der Waals surface area contributed by atoms with Crippen molar-refractivity contribution in [3.05, 3.63) is 34.9 Å². The van der Waals surface area contributed by atoms with Gasteiger partial charge in [-0.05, 0) is 49.9 Å². The maximum absolute atomic E-state index is 12.2. The van der Waals surface area contributed by atoms with Gasteiger partial charge >= 0.3 is 0 Å². The molecular formula is C15H22Cl2N2O. The summed E-state index contributed by atoms with van der Waals surface area (Å²) in [5.41, 5.74) is 0.856. The standard InChI is InChI=1S/C15H21ClN2O.ClH/c1-2-15(9-3-10-18-15)14(19)17-11-8-12-4-6-13(16)7-5-12;/h4-7,18H,2-3,8-11H2,1H3,(H,17,19);1H. The molecule has 0 saturated carbocycles. The average molecular weight is 317 g/mol. The van der Waals surface area contributed by atoms with Crippen molar-refractivity contribution in [1.29, 1.82) is 0 Å². The molecule has 1 aromatic carbocycles. The highest BCUT2D eigenvalue weighted by Gasteiger charge is 2.38. The van der Waals surface area contributed by atoms with Gasteiger partial charge in [-0.3, -0.25) is 4.79 Å². The van der Waals surface area contributed by atoms with Crippen molar-refractivity contribution in [3.8, 4) is 0 Å². The molecule has 1 aliphatic heterocycles. The summed E-state index contributed by atoms with van der Waals surface area (Å²) >= 11 is 5.84. The van der Waals surface area contributed by atoms with Gasteiger partial charge in [0, 0.05) is 11.6 Å². The molecule has 5 heteroatoms. The number of hydrogen-bond acceptors (Lipinski definition) is 2. The molecule has 1 heterocycles. The van der Waals surface area contributed by atoms with Gasteiger partial charge in [-0.2, -0.15) is 0 Å². The quantitative estimate of drug-likeness (QED) is 0.877. The molecule has 0 aliphatic carbocycles. The van der Waals surface area contributed by atoms with Crippen molar-refractivity contribution in [2.24, 2.45) is 0 Å². The Labute approximate surface area is 131 Å². The van der Waals surface area contributed by atoms with Crippen molar-refractivity contribution in [1.82, 2.24) is 10.6 Å². The Kier molecular flexibility index (Phi) is 6.80. The zero-order valence-corrected chi connectivity index (χ0v) is 13.3. The number of halogens is 2. The van der Waals surface area contributed by atoms with Gasteiger partial charge in [-0.25, -0.2) is 0 Å². The third-order valence-corrected chi connectivity index (χ3v) is 4.15. The monoisotopic (exact) mass is 316 g/mol. The summed E-state index contributed by atoms with van der Waals surface area (Å²) in [4.78, 5) is 12.2. The number of hydrogen-bond donors (Lipinski definition) is 2. The van der Waals surface area contributed by atoms with Gasteiger partial charge in [0.05, 0.1) is 5.54 Å². The van der Waals surface area contributed by atoms with E-state index in [2.05, 4.69) is 17.6 Å². The summed E-state index contributed by atoms with van der Waals surface area (Å²) in [6.45, 7) is 3.68. The molecule has 1 amide bonds. The lowest BCUT2D eigenvalue weighted by molar-refractivity contribution is -0.127. The Balaban J connectivity index is 0.00000200. The number of benzene rings is 1. The molecule has 2 rings (SSSR count). The minimum atomic E-state index is -0.333. The summed E-state index contributed by atoms with van der Waals surface area (Å²) in [6.07, 6.45) is 3.71. The Hall–Kier alpha value is -0.770. The molecule has 1 saturated heterocycles. The summed E-state index contributed by atoms with van der Waals surface area (Å²) < 4.78 is 0. The second kappa shape index (κ2) is 7.87.